The Bertz CT molecular complexity index is 289. The van der Waals surface area contributed by atoms with Crippen LogP contribution in [0.15, 0.2) is 0 Å². The fourth-order valence-corrected chi connectivity index (χ4v) is 3.91. The molecule has 0 aromatic heterocycles. The summed E-state index contributed by atoms with van der Waals surface area (Å²) in [5.41, 5.74) is 1.11. The van der Waals surface area contributed by atoms with Crippen LogP contribution in [0.25, 0.3) is 0 Å². The molecule has 2 rings (SSSR count). The van der Waals surface area contributed by atoms with Crippen molar-refractivity contribution in [2.24, 2.45) is 5.41 Å². The number of likely N-dealkylation sites (tertiary alicyclic amines) is 1. The van der Waals surface area contributed by atoms with Crippen molar-refractivity contribution < 1.29 is 0 Å². The van der Waals surface area contributed by atoms with Crippen LogP contribution in [0.3, 0.4) is 0 Å². The van der Waals surface area contributed by atoms with Gasteiger partial charge in [-0.05, 0) is 58.4 Å². The Morgan fingerprint density at radius 1 is 1.06 bits per heavy atom. The van der Waals surface area contributed by atoms with Gasteiger partial charge in [0.25, 0.3) is 0 Å². The van der Waals surface area contributed by atoms with Crippen molar-refractivity contribution in [3.05, 3.63) is 0 Å². The van der Waals surface area contributed by atoms with Gasteiger partial charge in [-0.1, -0.05) is 20.8 Å². The Hall–Kier alpha value is -0.0800. The third-order valence-corrected chi connectivity index (χ3v) is 4.98. The third-order valence-electron chi connectivity index (χ3n) is 4.98. The summed E-state index contributed by atoms with van der Waals surface area (Å²) in [5.74, 6) is 0. The lowest BCUT2D eigenvalue weighted by Crippen LogP contribution is -2.62. The van der Waals surface area contributed by atoms with E-state index >= 15 is 0 Å². The van der Waals surface area contributed by atoms with E-state index in [0.29, 0.717) is 17.0 Å². The molecular formula is C16H32N2. The van der Waals surface area contributed by atoms with Gasteiger partial charge in [-0.25, -0.2) is 0 Å². The number of piperidine rings is 1. The van der Waals surface area contributed by atoms with Crippen LogP contribution in [-0.2, 0) is 0 Å². The molecule has 2 unspecified atom stereocenters. The van der Waals surface area contributed by atoms with E-state index in [0.717, 1.165) is 0 Å². The number of hydrogen-bond donors (Lipinski definition) is 1. The van der Waals surface area contributed by atoms with Gasteiger partial charge in [0.1, 0.15) is 0 Å². The lowest BCUT2D eigenvalue weighted by atomic mass is 9.71. The SMILES string of the molecule is CC(C)(C)C1CC2(CCCN2)CCN1C(C)(C)C. The first-order valence-electron chi connectivity index (χ1n) is 7.66. The van der Waals surface area contributed by atoms with E-state index in [1.54, 1.807) is 0 Å². The van der Waals surface area contributed by atoms with Gasteiger partial charge in [0.2, 0.25) is 0 Å². The van der Waals surface area contributed by atoms with Crippen LogP contribution in [-0.4, -0.2) is 35.1 Å². The standard InChI is InChI=1S/C16H32N2/c1-14(2,3)13-12-16(8-7-10-17-16)9-11-18(13)15(4,5)6/h13,17H,7-12H2,1-6H3. The minimum absolute atomic E-state index is 0.290. The summed E-state index contributed by atoms with van der Waals surface area (Å²) in [4.78, 5) is 2.75. The van der Waals surface area contributed by atoms with E-state index in [-0.39, 0.29) is 5.54 Å². The van der Waals surface area contributed by atoms with Crippen LogP contribution in [0.2, 0.25) is 0 Å². The third kappa shape index (κ3) is 2.75. The molecule has 2 aliphatic heterocycles. The van der Waals surface area contributed by atoms with Crippen LogP contribution in [0.4, 0.5) is 0 Å². The molecule has 18 heavy (non-hydrogen) atoms. The van der Waals surface area contributed by atoms with E-state index in [9.17, 15) is 0 Å². The summed E-state index contributed by atoms with van der Waals surface area (Å²) in [7, 11) is 0. The lowest BCUT2D eigenvalue weighted by Gasteiger charge is -2.55. The van der Waals surface area contributed by atoms with Gasteiger partial charge in [0, 0.05) is 23.7 Å². The van der Waals surface area contributed by atoms with Crippen LogP contribution in [0, 0.1) is 5.41 Å². The highest BCUT2D eigenvalue weighted by Crippen LogP contribution is 2.42. The predicted molar refractivity (Wildman–Crippen MR) is 78.9 cm³/mol. The molecule has 0 amide bonds. The zero-order valence-corrected chi connectivity index (χ0v) is 13.3. The van der Waals surface area contributed by atoms with E-state index < -0.39 is 0 Å². The van der Waals surface area contributed by atoms with Crippen LogP contribution >= 0.6 is 0 Å². The Morgan fingerprint density at radius 2 is 1.72 bits per heavy atom. The first-order chi connectivity index (χ1) is 8.14. The average Bonchev–Trinajstić information content (AvgIpc) is 2.63. The van der Waals surface area contributed by atoms with Gasteiger partial charge in [-0.3, -0.25) is 4.90 Å². The fraction of sp³-hybridized carbons (Fsp3) is 1.00. The number of nitrogens with one attached hydrogen (secondary N) is 1. The topological polar surface area (TPSA) is 15.3 Å². The van der Waals surface area contributed by atoms with Gasteiger partial charge in [-0.2, -0.15) is 0 Å². The molecule has 2 fully saturated rings. The van der Waals surface area contributed by atoms with Crippen molar-refractivity contribution in [2.75, 3.05) is 13.1 Å². The Labute approximate surface area is 114 Å². The molecule has 2 nitrogen and oxygen atoms in total. The zero-order valence-electron chi connectivity index (χ0n) is 13.3. The summed E-state index contributed by atoms with van der Waals surface area (Å²) in [6, 6.07) is 0.692. The van der Waals surface area contributed by atoms with Crippen molar-refractivity contribution in [3.63, 3.8) is 0 Å². The van der Waals surface area contributed by atoms with Crippen molar-refractivity contribution in [1.29, 1.82) is 0 Å². The van der Waals surface area contributed by atoms with Gasteiger partial charge in [0.05, 0.1) is 0 Å². The summed E-state index contributed by atoms with van der Waals surface area (Å²) < 4.78 is 0. The first kappa shape index (κ1) is 14.3. The Balaban J connectivity index is 2.21. The van der Waals surface area contributed by atoms with Gasteiger partial charge in [-0.15, -0.1) is 0 Å². The maximum Gasteiger partial charge on any atom is 0.0209 e. The molecule has 0 aliphatic carbocycles. The second-order valence-corrected chi connectivity index (χ2v) is 8.51. The van der Waals surface area contributed by atoms with Crippen LogP contribution < -0.4 is 5.32 Å². The van der Waals surface area contributed by atoms with E-state index in [1.807, 2.05) is 0 Å². The molecule has 0 radical (unpaired) electrons. The highest BCUT2D eigenvalue weighted by Gasteiger charge is 2.47. The summed E-state index contributed by atoms with van der Waals surface area (Å²) in [5, 5.41) is 3.82. The highest BCUT2D eigenvalue weighted by atomic mass is 15.2. The quantitative estimate of drug-likeness (QED) is 0.710. The van der Waals surface area contributed by atoms with Crippen molar-refractivity contribution >= 4 is 0 Å². The second kappa shape index (κ2) is 4.49. The van der Waals surface area contributed by atoms with Gasteiger partial charge in [0.15, 0.2) is 0 Å². The maximum atomic E-state index is 3.82. The molecule has 106 valence electrons. The molecule has 2 saturated heterocycles. The number of nitrogens with zero attached hydrogens (tertiary/aromatic N) is 1. The number of hydrogen-bond acceptors (Lipinski definition) is 2. The molecular weight excluding hydrogens is 220 g/mol. The van der Waals surface area contributed by atoms with E-state index in [4.69, 9.17) is 0 Å². The summed E-state index contributed by atoms with van der Waals surface area (Å²) in [6.45, 7) is 16.8. The molecule has 0 bridgehead atoms. The molecule has 2 heteroatoms. The summed E-state index contributed by atoms with van der Waals surface area (Å²) in [6.07, 6.45) is 5.41. The van der Waals surface area contributed by atoms with Gasteiger partial charge >= 0.3 is 0 Å². The average molecular weight is 252 g/mol. The van der Waals surface area contributed by atoms with Crippen molar-refractivity contribution in [1.82, 2.24) is 10.2 Å². The highest BCUT2D eigenvalue weighted by molar-refractivity contribution is 5.05. The molecule has 1 N–H and O–H groups in total. The molecule has 2 atom stereocenters. The smallest absolute Gasteiger partial charge is 0.0209 e. The molecule has 0 aromatic rings. The zero-order chi connectivity index (χ0) is 13.6. The van der Waals surface area contributed by atoms with Crippen LogP contribution in [0.5, 0.6) is 0 Å². The predicted octanol–water partition coefficient (Wildman–Crippen LogP) is 3.42. The van der Waals surface area contributed by atoms with Crippen molar-refractivity contribution in [2.45, 2.75) is 84.3 Å². The molecule has 1 spiro atoms. The fourth-order valence-electron chi connectivity index (χ4n) is 3.91. The van der Waals surface area contributed by atoms with Gasteiger partial charge < -0.3 is 5.32 Å². The van der Waals surface area contributed by atoms with E-state index in [2.05, 4.69) is 51.8 Å². The monoisotopic (exact) mass is 252 g/mol. The summed E-state index contributed by atoms with van der Waals surface area (Å²) >= 11 is 0. The van der Waals surface area contributed by atoms with Crippen LogP contribution in [0.1, 0.15) is 67.2 Å². The first-order valence-corrected chi connectivity index (χ1v) is 7.66. The normalized spacial score (nSPS) is 35.3. The second-order valence-electron chi connectivity index (χ2n) is 8.51. The maximum absolute atomic E-state index is 3.82. The molecule has 0 aromatic carbocycles. The minimum atomic E-state index is 0.290. The molecule has 2 aliphatic rings. The lowest BCUT2D eigenvalue weighted by molar-refractivity contribution is -0.0335. The molecule has 0 saturated carbocycles. The molecule has 2 heterocycles. The minimum Gasteiger partial charge on any atom is -0.311 e. The largest absolute Gasteiger partial charge is 0.311 e. The van der Waals surface area contributed by atoms with Crippen molar-refractivity contribution in [3.8, 4) is 0 Å². The number of rotatable bonds is 0. The Morgan fingerprint density at radius 3 is 2.17 bits per heavy atom. The van der Waals surface area contributed by atoms with E-state index in [1.165, 1.54) is 38.8 Å². The Kier molecular flexibility index (Phi) is 3.57.